The van der Waals surface area contributed by atoms with E-state index in [-0.39, 0.29) is 0 Å². The molecule has 0 N–H and O–H groups in total. The summed E-state index contributed by atoms with van der Waals surface area (Å²) in [5.74, 6) is 0.668. The number of hydrogen-bond acceptors (Lipinski definition) is 4. The summed E-state index contributed by atoms with van der Waals surface area (Å²) < 4.78 is 11.1. The molecule has 1 aromatic carbocycles. The van der Waals surface area contributed by atoms with Crippen LogP contribution in [0.3, 0.4) is 0 Å². The van der Waals surface area contributed by atoms with E-state index in [0.29, 0.717) is 18.0 Å². The number of benzene rings is 1. The van der Waals surface area contributed by atoms with E-state index in [0.717, 1.165) is 31.9 Å². The molecule has 2 bridgehead atoms. The molecular formula is C20H22N2O2. The van der Waals surface area contributed by atoms with Gasteiger partial charge >= 0.3 is 0 Å². The molecule has 4 nitrogen and oxygen atoms in total. The fraction of sp³-hybridized carbons (Fsp3) is 0.350. The van der Waals surface area contributed by atoms with Crippen LogP contribution in [0, 0.1) is 0 Å². The second-order valence-corrected chi connectivity index (χ2v) is 6.38. The van der Waals surface area contributed by atoms with E-state index < -0.39 is 0 Å². The third kappa shape index (κ3) is 3.07. The zero-order valence-corrected chi connectivity index (χ0v) is 13.9. The first-order valence-corrected chi connectivity index (χ1v) is 8.43. The molecule has 4 rings (SSSR count). The van der Waals surface area contributed by atoms with Gasteiger partial charge in [-0.2, -0.15) is 0 Å². The second-order valence-electron chi connectivity index (χ2n) is 6.38. The molecule has 124 valence electrons. The van der Waals surface area contributed by atoms with Crippen LogP contribution in [0.25, 0.3) is 5.57 Å². The van der Waals surface area contributed by atoms with Gasteiger partial charge in [0.2, 0.25) is 5.88 Å². The molecule has 3 heterocycles. The Morgan fingerprint density at radius 3 is 2.79 bits per heavy atom. The molecule has 2 aromatic rings. The number of pyridine rings is 1. The molecule has 2 unspecified atom stereocenters. The van der Waals surface area contributed by atoms with Gasteiger partial charge in [0, 0.05) is 18.7 Å². The summed E-state index contributed by atoms with van der Waals surface area (Å²) >= 11 is 0. The lowest BCUT2D eigenvalue weighted by Gasteiger charge is -2.44. The highest BCUT2D eigenvalue weighted by Crippen LogP contribution is 2.33. The Kier molecular flexibility index (Phi) is 4.32. The molecule has 2 aliphatic rings. The minimum absolute atomic E-state index is 0.306. The van der Waals surface area contributed by atoms with Crippen molar-refractivity contribution in [3.8, 4) is 5.88 Å². The van der Waals surface area contributed by atoms with E-state index in [2.05, 4.69) is 52.4 Å². The number of methoxy groups -OCH3 is 1. The molecule has 24 heavy (non-hydrogen) atoms. The first-order valence-electron chi connectivity index (χ1n) is 8.43. The molecule has 0 amide bonds. The summed E-state index contributed by atoms with van der Waals surface area (Å²) in [5, 5.41) is 0. The van der Waals surface area contributed by atoms with Crippen molar-refractivity contribution in [1.29, 1.82) is 0 Å². The standard InChI is InChI=1S/C20H22N2O2/c1-23-20-9-5-8-19(21-20)16-10-17-13-24-14-18(11-16)22(17)12-15-6-3-2-4-7-15/h2-10,17-18H,11-14H2,1H3. The lowest BCUT2D eigenvalue weighted by Crippen LogP contribution is -2.53. The second kappa shape index (κ2) is 6.75. The Bertz CT molecular complexity index is 729. The van der Waals surface area contributed by atoms with E-state index in [9.17, 15) is 0 Å². The molecule has 2 atom stereocenters. The third-order valence-electron chi connectivity index (χ3n) is 4.81. The van der Waals surface area contributed by atoms with Gasteiger partial charge in [-0.3, -0.25) is 4.90 Å². The molecular weight excluding hydrogens is 300 g/mol. The van der Waals surface area contributed by atoms with Crippen molar-refractivity contribution in [3.05, 3.63) is 65.9 Å². The van der Waals surface area contributed by atoms with Crippen LogP contribution in [0.15, 0.2) is 54.6 Å². The quantitative estimate of drug-likeness (QED) is 0.866. The highest BCUT2D eigenvalue weighted by atomic mass is 16.5. The van der Waals surface area contributed by atoms with Gasteiger partial charge in [0.15, 0.2) is 0 Å². The molecule has 0 aliphatic carbocycles. The van der Waals surface area contributed by atoms with Crippen molar-refractivity contribution < 1.29 is 9.47 Å². The van der Waals surface area contributed by atoms with Gasteiger partial charge in [-0.15, -0.1) is 0 Å². The maximum Gasteiger partial charge on any atom is 0.213 e. The monoisotopic (exact) mass is 322 g/mol. The van der Waals surface area contributed by atoms with E-state index >= 15 is 0 Å². The predicted molar refractivity (Wildman–Crippen MR) is 93.8 cm³/mol. The lowest BCUT2D eigenvalue weighted by atomic mass is 9.91. The van der Waals surface area contributed by atoms with Crippen molar-refractivity contribution in [2.45, 2.75) is 25.0 Å². The minimum atomic E-state index is 0.306. The average molecular weight is 322 g/mol. The van der Waals surface area contributed by atoms with E-state index in [1.54, 1.807) is 7.11 Å². The summed E-state index contributed by atoms with van der Waals surface area (Å²) in [6, 6.07) is 17.3. The molecule has 1 aromatic heterocycles. The SMILES string of the molecule is COc1cccc(C2=CC3COCC(C2)N3Cc2ccccc2)n1. The van der Waals surface area contributed by atoms with Gasteiger partial charge in [0.1, 0.15) is 0 Å². The summed E-state index contributed by atoms with van der Waals surface area (Å²) in [6.45, 7) is 2.50. The van der Waals surface area contributed by atoms with Crippen LogP contribution >= 0.6 is 0 Å². The van der Waals surface area contributed by atoms with Crippen molar-refractivity contribution in [2.75, 3.05) is 20.3 Å². The first kappa shape index (κ1) is 15.4. The van der Waals surface area contributed by atoms with Crippen molar-refractivity contribution in [2.24, 2.45) is 0 Å². The number of aromatic nitrogens is 1. The van der Waals surface area contributed by atoms with Crippen molar-refractivity contribution >= 4 is 5.57 Å². The average Bonchev–Trinajstić information content (AvgIpc) is 2.62. The summed E-state index contributed by atoms with van der Waals surface area (Å²) in [7, 11) is 1.66. The third-order valence-corrected chi connectivity index (χ3v) is 4.81. The van der Waals surface area contributed by atoms with E-state index in [1.807, 2.05) is 12.1 Å². The number of nitrogens with zero attached hydrogens (tertiary/aromatic N) is 2. The van der Waals surface area contributed by atoms with Crippen molar-refractivity contribution in [3.63, 3.8) is 0 Å². The summed E-state index contributed by atoms with van der Waals surface area (Å²) in [6.07, 6.45) is 3.28. The Hall–Kier alpha value is -2.17. The maximum atomic E-state index is 5.80. The van der Waals surface area contributed by atoms with Gasteiger partial charge < -0.3 is 9.47 Å². The molecule has 0 radical (unpaired) electrons. The molecule has 1 fully saturated rings. The predicted octanol–water partition coefficient (Wildman–Crippen LogP) is 3.15. The highest BCUT2D eigenvalue weighted by Gasteiger charge is 2.35. The molecule has 2 aliphatic heterocycles. The lowest BCUT2D eigenvalue weighted by molar-refractivity contribution is -0.0403. The zero-order valence-electron chi connectivity index (χ0n) is 13.9. The molecule has 1 saturated heterocycles. The highest BCUT2D eigenvalue weighted by molar-refractivity contribution is 5.65. The van der Waals surface area contributed by atoms with Crippen LogP contribution in [-0.4, -0.2) is 42.3 Å². The first-order chi connectivity index (χ1) is 11.8. The molecule has 4 heteroatoms. The van der Waals surface area contributed by atoms with Crippen molar-refractivity contribution in [1.82, 2.24) is 9.88 Å². The molecule has 0 spiro atoms. The van der Waals surface area contributed by atoms with Crippen LogP contribution in [0.1, 0.15) is 17.7 Å². The van der Waals surface area contributed by atoms with Crippen LogP contribution in [0.2, 0.25) is 0 Å². The fourth-order valence-corrected chi connectivity index (χ4v) is 3.60. The van der Waals surface area contributed by atoms with Gasteiger partial charge in [-0.25, -0.2) is 4.98 Å². The van der Waals surface area contributed by atoms with E-state index in [1.165, 1.54) is 11.1 Å². The van der Waals surface area contributed by atoms with Crippen LogP contribution in [0.4, 0.5) is 0 Å². The van der Waals surface area contributed by atoms with Crippen LogP contribution in [-0.2, 0) is 11.3 Å². The minimum Gasteiger partial charge on any atom is -0.481 e. The maximum absolute atomic E-state index is 5.80. The number of rotatable bonds is 4. The Morgan fingerprint density at radius 2 is 2.00 bits per heavy atom. The van der Waals surface area contributed by atoms with Crippen LogP contribution in [0.5, 0.6) is 5.88 Å². The molecule has 0 saturated carbocycles. The Morgan fingerprint density at radius 1 is 1.12 bits per heavy atom. The zero-order chi connectivity index (χ0) is 16.4. The Balaban J connectivity index is 1.59. The van der Waals surface area contributed by atoms with Gasteiger partial charge in [0.05, 0.1) is 32.1 Å². The topological polar surface area (TPSA) is 34.6 Å². The van der Waals surface area contributed by atoms with Gasteiger partial charge in [-0.1, -0.05) is 42.5 Å². The number of morpholine rings is 1. The van der Waals surface area contributed by atoms with Gasteiger partial charge in [-0.05, 0) is 23.6 Å². The number of hydrogen-bond donors (Lipinski definition) is 0. The smallest absolute Gasteiger partial charge is 0.213 e. The normalized spacial score (nSPS) is 23.6. The number of fused-ring (bicyclic) bond motifs is 2. The van der Waals surface area contributed by atoms with E-state index in [4.69, 9.17) is 9.47 Å². The summed E-state index contributed by atoms with van der Waals surface area (Å²) in [4.78, 5) is 7.16. The summed E-state index contributed by atoms with van der Waals surface area (Å²) in [5.41, 5.74) is 3.67. The van der Waals surface area contributed by atoms with Gasteiger partial charge in [0.25, 0.3) is 0 Å². The fourth-order valence-electron chi connectivity index (χ4n) is 3.60. The Labute approximate surface area is 142 Å². The largest absolute Gasteiger partial charge is 0.481 e. The van der Waals surface area contributed by atoms with Crippen LogP contribution < -0.4 is 4.74 Å². The number of ether oxygens (including phenoxy) is 2.